The van der Waals surface area contributed by atoms with Crippen molar-refractivity contribution in [1.82, 2.24) is 0 Å². The third kappa shape index (κ3) is 4.63. The van der Waals surface area contributed by atoms with Gasteiger partial charge in [0.1, 0.15) is 11.2 Å². The van der Waals surface area contributed by atoms with Gasteiger partial charge in [0.15, 0.2) is 7.28 Å². The van der Waals surface area contributed by atoms with Crippen molar-refractivity contribution in [3.05, 3.63) is 174 Å². The van der Waals surface area contributed by atoms with Crippen molar-refractivity contribution >= 4 is 79.4 Å². The molecule has 0 amide bonds. The first-order valence-corrected chi connectivity index (χ1v) is 18.9. The molecule has 3 nitrogen and oxygen atoms in total. The number of nitrogens with zero attached hydrogens (tertiary/aromatic N) is 1. The van der Waals surface area contributed by atoms with E-state index < -0.39 is 0 Å². The Bertz CT molecular complexity index is 2980. The lowest BCUT2D eigenvalue weighted by Gasteiger charge is -2.46. The van der Waals surface area contributed by atoms with E-state index in [0.717, 1.165) is 46.2 Å². The highest BCUT2D eigenvalue weighted by Crippen LogP contribution is 2.52. The second-order valence-corrected chi connectivity index (χ2v) is 15.5. The monoisotopic (exact) mass is 692 g/mol. The molecular weight excluding hydrogens is 655 g/mol. The van der Waals surface area contributed by atoms with E-state index in [-0.39, 0.29) is 5.41 Å². The lowest BCUT2D eigenvalue weighted by molar-refractivity contribution is 0.632. The number of aryl methyl sites for hydroxylation is 1. The molecule has 0 radical (unpaired) electrons. The minimum atomic E-state index is -0.104. The summed E-state index contributed by atoms with van der Waals surface area (Å²) in [7, 11) is 0.845. The third-order valence-electron chi connectivity index (χ3n) is 11.9. The molecule has 0 spiro atoms. The van der Waals surface area contributed by atoms with Crippen LogP contribution >= 0.6 is 0 Å². The molecule has 3 heterocycles. The molecular formula is C50H37BN2O. The second-order valence-electron chi connectivity index (χ2n) is 15.5. The highest BCUT2D eigenvalue weighted by molar-refractivity contribution is 6.73. The Labute approximate surface area is 315 Å². The molecule has 0 saturated carbocycles. The van der Waals surface area contributed by atoms with Gasteiger partial charge in [0.05, 0.1) is 5.69 Å². The van der Waals surface area contributed by atoms with Gasteiger partial charge in [0.2, 0.25) is 0 Å². The van der Waals surface area contributed by atoms with Gasteiger partial charge >= 0.3 is 0 Å². The van der Waals surface area contributed by atoms with Crippen molar-refractivity contribution in [1.29, 1.82) is 0 Å². The largest absolute Gasteiger partial charge is 0.456 e. The maximum absolute atomic E-state index is 6.72. The van der Waals surface area contributed by atoms with Crippen LogP contribution in [-0.2, 0) is 5.41 Å². The van der Waals surface area contributed by atoms with Gasteiger partial charge in [0.25, 0.3) is 0 Å². The van der Waals surface area contributed by atoms with Crippen LogP contribution in [0.4, 0.5) is 28.4 Å². The number of furan rings is 1. The molecule has 1 aromatic heterocycles. The number of fused-ring (bicyclic) bond motifs is 8. The molecule has 9 aromatic rings. The van der Waals surface area contributed by atoms with Gasteiger partial charge in [-0.3, -0.25) is 0 Å². The van der Waals surface area contributed by atoms with Crippen LogP contribution in [0.1, 0.15) is 30.5 Å². The van der Waals surface area contributed by atoms with Gasteiger partial charge in [-0.05, 0) is 105 Å². The van der Waals surface area contributed by atoms with Gasteiger partial charge in [0, 0.05) is 44.5 Å². The number of nitrogens with one attached hydrogen (secondary N) is 1. The average molecular weight is 693 g/mol. The predicted octanol–water partition coefficient (Wildman–Crippen LogP) is 11.9. The van der Waals surface area contributed by atoms with E-state index in [2.05, 4.69) is 189 Å². The molecule has 2 aliphatic rings. The van der Waals surface area contributed by atoms with Crippen LogP contribution in [0.25, 0.3) is 55.0 Å². The summed E-state index contributed by atoms with van der Waals surface area (Å²) in [5.74, 6) is 0. The Kier molecular flexibility index (Phi) is 6.61. The van der Waals surface area contributed by atoms with Crippen molar-refractivity contribution in [2.75, 3.05) is 10.2 Å². The Balaban J connectivity index is 1.14. The molecule has 1 N–H and O–H groups in total. The number of hydrogen-bond donors (Lipinski definition) is 1. The third-order valence-corrected chi connectivity index (χ3v) is 11.9. The summed E-state index contributed by atoms with van der Waals surface area (Å²) < 4.78 is 6.72. The first kappa shape index (κ1) is 31.1. The standard InChI is InChI=1S/C50H37BN2O/c1-30-24-39(48-45(25-30)53-44-19-10-9-16-40(44)50(2,3)41-17-11-18-42(51-48)49(41)53)36-29-47-38(37-26-33-14-7-8-15-34(33)27-46(37)54-47)28-43(36)52-35-22-20-32(21-23-35)31-12-5-4-6-13-31/h4-29,51-52H,1-3H3. The van der Waals surface area contributed by atoms with Crippen LogP contribution in [0.3, 0.4) is 0 Å². The molecule has 11 rings (SSSR count). The van der Waals surface area contributed by atoms with Crippen LogP contribution < -0.4 is 21.1 Å². The van der Waals surface area contributed by atoms with Gasteiger partial charge in [-0.2, -0.15) is 0 Å². The van der Waals surface area contributed by atoms with E-state index in [4.69, 9.17) is 4.42 Å². The minimum absolute atomic E-state index is 0.104. The molecule has 2 aliphatic heterocycles. The average Bonchev–Trinajstić information content (AvgIpc) is 3.54. The summed E-state index contributed by atoms with van der Waals surface area (Å²) in [6, 6.07) is 57.5. The van der Waals surface area contributed by atoms with Crippen LogP contribution in [0.5, 0.6) is 0 Å². The Morgan fingerprint density at radius 2 is 1.26 bits per heavy atom. The van der Waals surface area contributed by atoms with Crippen molar-refractivity contribution in [2.24, 2.45) is 0 Å². The molecule has 0 bridgehead atoms. The van der Waals surface area contributed by atoms with E-state index in [9.17, 15) is 0 Å². The number of para-hydroxylation sites is 2. The molecule has 0 aliphatic carbocycles. The normalized spacial score (nSPS) is 13.7. The van der Waals surface area contributed by atoms with Crippen molar-refractivity contribution < 1.29 is 4.42 Å². The molecule has 4 heteroatoms. The van der Waals surface area contributed by atoms with E-state index >= 15 is 0 Å². The summed E-state index contributed by atoms with van der Waals surface area (Å²) in [5, 5.41) is 8.51. The van der Waals surface area contributed by atoms with E-state index in [1.807, 2.05) is 0 Å². The van der Waals surface area contributed by atoms with Gasteiger partial charge < -0.3 is 14.6 Å². The fraction of sp³-hybridized carbons (Fsp3) is 0.0800. The zero-order chi connectivity index (χ0) is 36.1. The van der Waals surface area contributed by atoms with Gasteiger partial charge in [-0.15, -0.1) is 0 Å². The van der Waals surface area contributed by atoms with Crippen LogP contribution in [0.2, 0.25) is 0 Å². The maximum Gasteiger partial charge on any atom is 0.198 e. The second kappa shape index (κ2) is 11.5. The predicted molar refractivity (Wildman–Crippen MR) is 230 cm³/mol. The molecule has 0 unspecified atom stereocenters. The first-order valence-electron chi connectivity index (χ1n) is 18.9. The van der Waals surface area contributed by atoms with Crippen LogP contribution in [-0.4, -0.2) is 7.28 Å². The van der Waals surface area contributed by atoms with Crippen LogP contribution in [0.15, 0.2) is 162 Å². The Hall–Kier alpha value is -6.52. The molecule has 8 aromatic carbocycles. The molecule has 0 saturated heterocycles. The summed E-state index contributed by atoms with van der Waals surface area (Å²) in [5.41, 5.74) is 19.0. The molecule has 0 fully saturated rings. The van der Waals surface area contributed by atoms with E-state index in [1.54, 1.807) is 0 Å². The maximum atomic E-state index is 6.72. The van der Waals surface area contributed by atoms with Crippen molar-refractivity contribution in [3.63, 3.8) is 0 Å². The highest BCUT2D eigenvalue weighted by atomic mass is 16.3. The highest BCUT2D eigenvalue weighted by Gasteiger charge is 2.41. The van der Waals surface area contributed by atoms with Gasteiger partial charge in [-0.1, -0.05) is 129 Å². The first-order chi connectivity index (χ1) is 26.4. The summed E-state index contributed by atoms with van der Waals surface area (Å²) in [6.45, 7) is 6.96. The van der Waals surface area contributed by atoms with Gasteiger partial charge in [-0.25, -0.2) is 0 Å². The minimum Gasteiger partial charge on any atom is -0.456 e. The SMILES string of the molecule is Cc1cc(-c2cc3oc4cc5ccccc5cc4c3cc2Nc2ccc(-c3ccccc3)cc2)c2c(c1)N1c3ccccc3C(C)(C)c3cccc(c31)B2. The quantitative estimate of drug-likeness (QED) is 0.186. The topological polar surface area (TPSA) is 28.4 Å². The Morgan fingerprint density at radius 1 is 0.574 bits per heavy atom. The van der Waals surface area contributed by atoms with E-state index in [0.29, 0.717) is 0 Å². The molecule has 0 atom stereocenters. The number of anilines is 5. The van der Waals surface area contributed by atoms with Crippen molar-refractivity contribution in [3.8, 4) is 22.3 Å². The molecule has 54 heavy (non-hydrogen) atoms. The lowest BCUT2D eigenvalue weighted by atomic mass is 9.56. The summed E-state index contributed by atoms with van der Waals surface area (Å²) >= 11 is 0. The summed E-state index contributed by atoms with van der Waals surface area (Å²) in [6.07, 6.45) is 0. The zero-order valence-electron chi connectivity index (χ0n) is 30.6. The molecule has 256 valence electrons. The summed E-state index contributed by atoms with van der Waals surface area (Å²) in [4.78, 5) is 2.54. The number of rotatable bonds is 4. The fourth-order valence-corrected chi connectivity index (χ4v) is 9.19. The zero-order valence-corrected chi connectivity index (χ0v) is 30.6. The smallest absolute Gasteiger partial charge is 0.198 e. The number of hydrogen-bond acceptors (Lipinski definition) is 3. The lowest BCUT2D eigenvalue weighted by Crippen LogP contribution is -2.45. The van der Waals surface area contributed by atoms with Crippen LogP contribution in [0, 0.1) is 6.92 Å². The fourth-order valence-electron chi connectivity index (χ4n) is 9.19. The Morgan fingerprint density at radius 3 is 2.09 bits per heavy atom. The van der Waals surface area contributed by atoms with E-state index in [1.165, 1.54) is 72.1 Å². The number of benzene rings is 8. The van der Waals surface area contributed by atoms with Crippen molar-refractivity contribution in [2.45, 2.75) is 26.2 Å².